The number of hydrogen-bond donors (Lipinski definition) is 1. The normalized spacial score (nSPS) is 18.2. The van der Waals surface area contributed by atoms with Crippen molar-refractivity contribution in [1.29, 1.82) is 0 Å². The van der Waals surface area contributed by atoms with E-state index in [9.17, 15) is 0 Å². The predicted molar refractivity (Wildman–Crippen MR) is 96.9 cm³/mol. The van der Waals surface area contributed by atoms with Gasteiger partial charge in [-0.15, -0.1) is 0 Å². The molecule has 2 aromatic carbocycles. The van der Waals surface area contributed by atoms with Crippen molar-refractivity contribution in [3.8, 4) is 0 Å². The topological polar surface area (TPSA) is 27.6 Å². The molecule has 1 saturated heterocycles. The summed E-state index contributed by atoms with van der Waals surface area (Å²) in [7, 11) is 1.88. The SMILES string of the molecule is CN=C(NCCc1ccccc1)N1CCC(c2ccccc2)C1. The Morgan fingerprint density at radius 2 is 1.78 bits per heavy atom. The molecule has 0 spiro atoms. The molecule has 0 amide bonds. The van der Waals surface area contributed by atoms with Crippen LogP contribution in [-0.2, 0) is 6.42 Å². The minimum atomic E-state index is 0.615. The Kier molecular flexibility index (Phi) is 5.30. The van der Waals surface area contributed by atoms with Crippen LogP contribution in [-0.4, -0.2) is 37.5 Å². The summed E-state index contributed by atoms with van der Waals surface area (Å²) in [6.45, 7) is 3.04. The minimum absolute atomic E-state index is 0.615. The molecule has 3 heteroatoms. The van der Waals surface area contributed by atoms with E-state index >= 15 is 0 Å². The second kappa shape index (κ2) is 7.82. The van der Waals surface area contributed by atoms with E-state index in [0.29, 0.717) is 5.92 Å². The lowest BCUT2D eigenvalue weighted by Crippen LogP contribution is -2.40. The fourth-order valence-corrected chi connectivity index (χ4v) is 3.25. The van der Waals surface area contributed by atoms with Gasteiger partial charge in [-0.2, -0.15) is 0 Å². The number of hydrogen-bond acceptors (Lipinski definition) is 1. The monoisotopic (exact) mass is 307 g/mol. The maximum absolute atomic E-state index is 4.46. The molecule has 1 atom stereocenters. The van der Waals surface area contributed by atoms with Crippen LogP contribution in [0.1, 0.15) is 23.5 Å². The number of nitrogens with one attached hydrogen (secondary N) is 1. The standard InChI is InChI=1S/C20H25N3/c1-21-20(22-14-12-17-8-4-2-5-9-17)23-15-13-19(16-23)18-10-6-3-7-11-18/h2-11,19H,12-16H2,1H3,(H,21,22). The number of nitrogens with zero attached hydrogens (tertiary/aromatic N) is 2. The quantitative estimate of drug-likeness (QED) is 0.693. The molecule has 1 heterocycles. The van der Waals surface area contributed by atoms with Gasteiger partial charge in [0.2, 0.25) is 0 Å². The zero-order valence-electron chi connectivity index (χ0n) is 13.8. The molecule has 3 nitrogen and oxygen atoms in total. The fraction of sp³-hybridized carbons (Fsp3) is 0.350. The summed E-state index contributed by atoms with van der Waals surface area (Å²) in [5.41, 5.74) is 2.80. The van der Waals surface area contributed by atoms with Gasteiger partial charge < -0.3 is 10.2 Å². The highest BCUT2D eigenvalue weighted by atomic mass is 15.3. The number of guanidine groups is 1. The summed E-state index contributed by atoms with van der Waals surface area (Å²) in [5, 5.41) is 3.51. The summed E-state index contributed by atoms with van der Waals surface area (Å²) in [4.78, 5) is 6.84. The lowest BCUT2D eigenvalue weighted by atomic mass is 9.99. The zero-order valence-corrected chi connectivity index (χ0v) is 13.8. The predicted octanol–water partition coefficient (Wildman–Crippen LogP) is 3.29. The molecule has 1 aliphatic rings. The van der Waals surface area contributed by atoms with Crippen LogP contribution in [0.5, 0.6) is 0 Å². The van der Waals surface area contributed by atoms with E-state index in [4.69, 9.17) is 0 Å². The number of aliphatic imine (C=N–C) groups is 1. The first-order chi connectivity index (χ1) is 11.4. The van der Waals surface area contributed by atoms with Crippen LogP contribution in [0.25, 0.3) is 0 Å². The van der Waals surface area contributed by atoms with E-state index in [1.54, 1.807) is 0 Å². The summed E-state index contributed by atoms with van der Waals surface area (Å²) in [6.07, 6.45) is 2.22. The molecule has 1 N–H and O–H groups in total. The Balaban J connectivity index is 1.51. The fourth-order valence-electron chi connectivity index (χ4n) is 3.25. The van der Waals surface area contributed by atoms with E-state index in [2.05, 4.69) is 75.9 Å². The molecule has 0 radical (unpaired) electrons. The summed E-state index contributed by atoms with van der Waals surface area (Å²) < 4.78 is 0. The van der Waals surface area contributed by atoms with E-state index in [1.807, 2.05) is 7.05 Å². The molecule has 0 aromatic heterocycles. The average molecular weight is 307 g/mol. The molecule has 0 bridgehead atoms. The average Bonchev–Trinajstić information content (AvgIpc) is 3.10. The molecule has 1 aliphatic heterocycles. The van der Waals surface area contributed by atoms with Crippen molar-refractivity contribution in [2.24, 2.45) is 4.99 Å². The lowest BCUT2D eigenvalue weighted by Gasteiger charge is -2.22. The third-order valence-electron chi connectivity index (χ3n) is 4.51. The van der Waals surface area contributed by atoms with Gasteiger partial charge in [-0.3, -0.25) is 4.99 Å². The molecular formula is C20H25N3. The molecule has 23 heavy (non-hydrogen) atoms. The Morgan fingerprint density at radius 3 is 2.48 bits per heavy atom. The van der Waals surface area contributed by atoms with Crippen molar-refractivity contribution >= 4 is 5.96 Å². The second-order valence-corrected chi connectivity index (χ2v) is 6.05. The van der Waals surface area contributed by atoms with Gasteiger partial charge in [-0.1, -0.05) is 60.7 Å². The first-order valence-corrected chi connectivity index (χ1v) is 8.41. The van der Waals surface area contributed by atoms with Crippen LogP contribution in [0.3, 0.4) is 0 Å². The first-order valence-electron chi connectivity index (χ1n) is 8.41. The molecular weight excluding hydrogens is 282 g/mol. The van der Waals surface area contributed by atoms with Gasteiger partial charge in [-0.05, 0) is 24.0 Å². The largest absolute Gasteiger partial charge is 0.356 e. The summed E-state index contributed by atoms with van der Waals surface area (Å²) in [6, 6.07) is 21.4. The van der Waals surface area contributed by atoms with Crippen molar-refractivity contribution in [2.75, 3.05) is 26.7 Å². The second-order valence-electron chi connectivity index (χ2n) is 6.05. The Morgan fingerprint density at radius 1 is 1.09 bits per heavy atom. The van der Waals surface area contributed by atoms with Gasteiger partial charge in [0.15, 0.2) is 5.96 Å². The van der Waals surface area contributed by atoms with E-state index in [0.717, 1.165) is 32.0 Å². The molecule has 3 rings (SSSR count). The van der Waals surface area contributed by atoms with Gasteiger partial charge in [0.1, 0.15) is 0 Å². The molecule has 2 aromatic rings. The highest BCUT2D eigenvalue weighted by Crippen LogP contribution is 2.26. The number of benzene rings is 2. The van der Waals surface area contributed by atoms with Crippen LogP contribution in [0.4, 0.5) is 0 Å². The van der Waals surface area contributed by atoms with Gasteiger partial charge in [0.25, 0.3) is 0 Å². The van der Waals surface area contributed by atoms with Gasteiger partial charge >= 0.3 is 0 Å². The molecule has 1 fully saturated rings. The van der Waals surface area contributed by atoms with E-state index < -0.39 is 0 Å². The minimum Gasteiger partial charge on any atom is -0.356 e. The number of likely N-dealkylation sites (tertiary alicyclic amines) is 1. The van der Waals surface area contributed by atoms with Crippen molar-refractivity contribution in [1.82, 2.24) is 10.2 Å². The molecule has 0 saturated carbocycles. The van der Waals surface area contributed by atoms with Crippen molar-refractivity contribution < 1.29 is 0 Å². The summed E-state index contributed by atoms with van der Waals surface area (Å²) in [5.74, 6) is 1.64. The maximum Gasteiger partial charge on any atom is 0.193 e. The third kappa shape index (κ3) is 4.13. The smallest absolute Gasteiger partial charge is 0.193 e. The van der Waals surface area contributed by atoms with Crippen LogP contribution in [0.2, 0.25) is 0 Å². The van der Waals surface area contributed by atoms with Crippen molar-refractivity contribution in [3.63, 3.8) is 0 Å². The van der Waals surface area contributed by atoms with Crippen LogP contribution in [0, 0.1) is 0 Å². The Hall–Kier alpha value is -2.29. The number of rotatable bonds is 4. The Bertz CT molecular complexity index is 622. The highest BCUT2D eigenvalue weighted by Gasteiger charge is 2.25. The van der Waals surface area contributed by atoms with Gasteiger partial charge in [0, 0.05) is 32.6 Å². The highest BCUT2D eigenvalue weighted by molar-refractivity contribution is 5.80. The van der Waals surface area contributed by atoms with Gasteiger partial charge in [-0.25, -0.2) is 0 Å². The van der Waals surface area contributed by atoms with Crippen molar-refractivity contribution in [2.45, 2.75) is 18.8 Å². The zero-order chi connectivity index (χ0) is 15.9. The van der Waals surface area contributed by atoms with Crippen LogP contribution < -0.4 is 5.32 Å². The van der Waals surface area contributed by atoms with Crippen LogP contribution >= 0.6 is 0 Å². The first kappa shape index (κ1) is 15.6. The van der Waals surface area contributed by atoms with Crippen molar-refractivity contribution in [3.05, 3.63) is 71.8 Å². The Labute approximate surface area is 139 Å². The lowest BCUT2D eigenvalue weighted by molar-refractivity contribution is 0.486. The van der Waals surface area contributed by atoms with Gasteiger partial charge in [0.05, 0.1) is 0 Å². The maximum atomic E-state index is 4.46. The van der Waals surface area contributed by atoms with E-state index in [1.165, 1.54) is 17.5 Å². The molecule has 120 valence electrons. The van der Waals surface area contributed by atoms with E-state index in [-0.39, 0.29) is 0 Å². The molecule has 0 aliphatic carbocycles. The molecule has 1 unspecified atom stereocenters. The van der Waals surface area contributed by atoms with Crippen LogP contribution in [0.15, 0.2) is 65.7 Å². The third-order valence-corrected chi connectivity index (χ3v) is 4.51. The summed E-state index contributed by atoms with van der Waals surface area (Å²) >= 11 is 0.